The largest absolute Gasteiger partial charge is 0.340 e. The van der Waals surface area contributed by atoms with E-state index in [1.165, 1.54) is 0 Å². The van der Waals surface area contributed by atoms with Gasteiger partial charge in [0.05, 0.1) is 0 Å². The van der Waals surface area contributed by atoms with Crippen molar-refractivity contribution in [3.8, 4) is 0 Å². The van der Waals surface area contributed by atoms with Crippen molar-refractivity contribution in [2.24, 2.45) is 5.92 Å². The topological polar surface area (TPSA) is 49.4 Å². The molecule has 4 heteroatoms. The predicted octanol–water partition coefficient (Wildman–Crippen LogP) is 2.88. The summed E-state index contributed by atoms with van der Waals surface area (Å²) in [6.45, 7) is 12.6. The Bertz CT molecular complexity index is 419. The number of hydrogen-bond donors (Lipinski definition) is 1. The number of nitrogens with zero attached hydrogens (tertiary/aromatic N) is 1. The third-order valence-corrected chi connectivity index (χ3v) is 4.31. The molecule has 21 heavy (non-hydrogen) atoms. The predicted molar refractivity (Wildman–Crippen MR) is 85.8 cm³/mol. The highest BCUT2D eigenvalue weighted by atomic mass is 16.2. The van der Waals surface area contributed by atoms with Crippen molar-refractivity contribution in [1.82, 2.24) is 10.2 Å². The molecule has 1 fully saturated rings. The quantitative estimate of drug-likeness (QED) is 0.766. The molecule has 4 nitrogen and oxygen atoms in total. The number of carbonyl (C=O) groups is 2. The van der Waals surface area contributed by atoms with Crippen molar-refractivity contribution in [2.75, 3.05) is 6.54 Å². The van der Waals surface area contributed by atoms with Crippen LogP contribution in [0.3, 0.4) is 0 Å². The number of rotatable bonds is 6. The SMILES string of the molecule is CCC1(CC)NC(=O)C(CC(C)C)N(CC=C(C)C)C1=O. The molecule has 2 amide bonds. The van der Waals surface area contributed by atoms with Crippen LogP contribution in [0.5, 0.6) is 0 Å². The number of amides is 2. The minimum atomic E-state index is -0.722. The molecule has 120 valence electrons. The summed E-state index contributed by atoms with van der Waals surface area (Å²) in [7, 11) is 0. The Morgan fingerprint density at radius 3 is 2.29 bits per heavy atom. The maximum atomic E-state index is 12.9. The maximum absolute atomic E-state index is 12.9. The zero-order valence-corrected chi connectivity index (χ0v) is 14.3. The minimum Gasteiger partial charge on any atom is -0.340 e. The Morgan fingerprint density at radius 2 is 1.86 bits per heavy atom. The maximum Gasteiger partial charge on any atom is 0.249 e. The van der Waals surface area contributed by atoms with Crippen LogP contribution in [0.1, 0.15) is 60.8 Å². The summed E-state index contributed by atoms with van der Waals surface area (Å²) in [5.74, 6) is 0.433. The number of allylic oxidation sites excluding steroid dienone is 1. The van der Waals surface area contributed by atoms with Gasteiger partial charge in [0.15, 0.2) is 0 Å². The van der Waals surface area contributed by atoms with E-state index in [0.29, 0.717) is 31.7 Å². The Labute approximate surface area is 129 Å². The van der Waals surface area contributed by atoms with E-state index < -0.39 is 5.54 Å². The van der Waals surface area contributed by atoms with E-state index in [2.05, 4.69) is 19.2 Å². The average Bonchev–Trinajstić information content (AvgIpc) is 2.41. The van der Waals surface area contributed by atoms with Gasteiger partial charge in [-0.2, -0.15) is 0 Å². The molecule has 1 atom stereocenters. The first kappa shape index (κ1) is 17.7. The van der Waals surface area contributed by atoms with Crippen molar-refractivity contribution in [1.29, 1.82) is 0 Å². The summed E-state index contributed by atoms with van der Waals surface area (Å²) in [6, 6.07) is -0.348. The molecule has 1 saturated heterocycles. The lowest BCUT2D eigenvalue weighted by Crippen LogP contribution is -2.70. The molecule has 1 aliphatic heterocycles. The molecule has 1 unspecified atom stereocenters. The molecule has 1 heterocycles. The molecule has 0 aromatic carbocycles. The van der Waals surface area contributed by atoms with Crippen molar-refractivity contribution in [2.45, 2.75) is 72.4 Å². The number of nitrogens with one attached hydrogen (secondary N) is 1. The van der Waals surface area contributed by atoms with E-state index in [0.717, 1.165) is 5.57 Å². The van der Waals surface area contributed by atoms with Gasteiger partial charge >= 0.3 is 0 Å². The molecule has 0 spiro atoms. The van der Waals surface area contributed by atoms with Crippen LogP contribution in [0.2, 0.25) is 0 Å². The van der Waals surface area contributed by atoms with E-state index in [1.807, 2.05) is 33.8 Å². The van der Waals surface area contributed by atoms with Gasteiger partial charge in [0.2, 0.25) is 11.8 Å². The van der Waals surface area contributed by atoms with Crippen LogP contribution < -0.4 is 5.32 Å². The summed E-state index contributed by atoms with van der Waals surface area (Å²) in [5.41, 5.74) is 0.440. The third kappa shape index (κ3) is 3.86. The van der Waals surface area contributed by atoms with E-state index in [4.69, 9.17) is 0 Å². The molecule has 1 rings (SSSR count). The second kappa shape index (κ2) is 7.10. The Balaban J connectivity index is 3.13. The average molecular weight is 294 g/mol. The molecule has 1 aliphatic rings. The van der Waals surface area contributed by atoms with Gasteiger partial charge in [0.25, 0.3) is 0 Å². The highest BCUT2D eigenvalue weighted by Crippen LogP contribution is 2.27. The number of piperazine rings is 1. The fourth-order valence-corrected chi connectivity index (χ4v) is 2.83. The van der Waals surface area contributed by atoms with Crippen molar-refractivity contribution < 1.29 is 9.59 Å². The van der Waals surface area contributed by atoms with Crippen LogP contribution in [0, 0.1) is 5.92 Å². The van der Waals surface area contributed by atoms with Gasteiger partial charge in [-0.25, -0.2) is 0 Å². The smallest absolute Gasteiger partial charge is 0.249 e. The lowest BCUT2D eigenvalue weighted by molar-refractivity contribution is -0.155. The minimum absolute atomic E-state index is 0.00541. The van der Waals surface area contributed by atoms with Crippen LogP contribution >= 0.6 is 0 Å². The fourth-order valence-electron chi connectivity index (χ4n) is 2.83. The first-order chi connectivity index (χ1) is 9.77. The molecule has 0 aromatic rings. The van der Waals surface area contributed by atoms with Gasteiger partial charge in [-0.15, -0.1) is 0 Å². The first-order valence-corrected chi connectivity index (χ1v) is 8.03. The van der Waals surface area contributed by atoms with Gasteiger partial charge < -0.3 is 10.2 Å². The lowest BCUT2D eigenvalue weighted by atomic mass is 9.85. The van der Waals surface area contributed by atoms with Gasteiger partial charge in [-0.3, -0.25) is 9.59 Å². The van der Waals surface area contributed by atoms with Crippen LogP contribution in [0.15, 0.2) is 11.6 Å². The number of carbonyl (C=O) groups excluding carboxylic acids is 2. The van der Waals surface area contributed by atoms with Crippen LogP contribution in [0.25, 0.3) is 0 Å². The zero-order valence-electron chi connectivity index (χ0n) is 14.3. The monoisotopic (exact) mass is 294 g/mol. The second-order valence-corrected chi connectivity index (χ2v) is 6.66. The molecule has 0 radical (unpaired) electrons. The Hall–Kier alpha value is -1.32. The van der Waals surface area contributed by atoms with Gasteiger partial charge in [0.1, 0.15) is 11.6 Å². The highest BCUT2D eigenvalue weighted by molar-refractivity contribution is 5.99. The van der Waals surface area contributed by atoms with Crippen LogP contribution in [-0.4, -0.2) is 34.8 Å². The summed E-state index contributed by atoms with van der Waals surface area (Å²) < 4.78 is 0. The lowest BCUT2D eigenvalue weighted by Gasteiger charge is -2.45. The van der Waals surface area contributed by atoms with Crippen LogP contribution in [0.4, 0.5) is 0 Å². The summed E-state index contributed by atoms with van der Waals surface area (Å²) in [4.78, 5) is 27.3. The summed E-state index contributed by atoms with van der Waals surface area (Å²) in [6.07, 6.45) is 4.00. The van der Waals surface area contributed by atoms with E-state index in [9.17, 15) is 9.59 Å². The standard InChI is InChI=1S/C17H30N2O2/c1-7-17(8-2)16(21)19(10-9-12(3)4)14(11-13(5)6)15(20)18-17/h9,13-14H,7-8,10-11H2,1-6H3,(H,18,20). The van der Waals surface area contributed by atoms with Gasteiger partial charge in [0, 0.05) is 6.54 Å². The Morgan fingerprint density at radius 1 is 1.29 bits per heavy atom. The summed E-state index contributed by atoms with van der Waals surface area (Å²) >= 11 is 0. The zero-order chi connectivity index (χ0) is 16.2. The molecule has 0 aromatic heterocycles. The molecular formula is C17H30N2O2. The van der Waals surface area contributed by atoms with Crippen LogP contribution in [-0.2, 0) is 9.59 Å². The van der Waals surface area contributed by atoms with Crippen molar-refractivity contribution >= 4 is 11.8 Å². The van der Waals surface area contributed by atoms with Gasteiger partial charge in [-0.05, 0) is 39.0 Å². The van der Waals surface area contributed by atoms with Crippen molar-refractivity contribution in [3.05, 3.63) is 11.6 Å². The fraction of sp³-hybridized carbons (Fsp3) is 0.765. The summed E-state index contributed by atoms with van der Waals surface area (Å²) in [5, 5.41) is 3.00. The number of hydrogen-bond acceptors (Lipinski definition) is 2. The first-order valence-electron chi connectivity index (χ1n) is 8.03. The third-order valence-electron chi connectivity index (χ3n) is 4.31. The molecule has 0 aliphatic carbocycles. The molecule has 0 bridgehead atoms. The normalized spacial score (nSPS) is 21.5. The van der Waals surface area contributed by atoms with Gasteiger partial charge in [-0.1, -0.05) is 39.3 Å². The van der Waals surface area contributed by atoms with E-state index in [-0.39, 0.29) is 17.9 Å². The Kier molecular flexibility index (Phi) is 5.99. The molecular weight excluding hydrogens is 264 g/mol. The van der Waals surface area contributed by atoms with E-state index in [1.54, 1.807) is 4.90 Å². The molecule has 0 saturated carbocycles. The van der Waals surface area contributed by atoms with E-state index >= 15 is 0 Å². The highest BCUT2D eigenvalue weighted by Gasteiger charge is 2.48. The second-order valence-electron chi connectivity index (χ2n) is 6.66. The van der Waals surface area contributed by atoms with Crippen molar-refractivity contribution in [3.63, 3.8) is 0 Å². The molecule has 1 N–H and O–H groups in total.